The molecular weight excluding hydrogens is 234 g/mol. The van der Waals surface area contributed by atoms with Gasteiger partial charge in [-0.2, -0.15) is 0 Å². The Balaban J connectivity index is 3.02. The Bertz CT molecular complexity index is 393. The van der Waals surface area contributed by atoms with E-state index in [4.69, 9.17) is 5.73 Å². The molecule has 102 valence electrons. The molecule has 0 saturated heterocycles. The summed E-state index contributed by atoms with van der Waals surface area (Å²) >= 11 is 0. The van der Waals surface area contributed by atoms with E-state index in [0.29, 0.717) is 18.0 Å². The van der Waals surface area contributed by atoms with Crippen molar-refractivity contribution in [2.75, 3.05) is 13.6 Å². The van der Waals surface area contributed by atoms with E-state index >= 15 is 0 Å². The number of likely N-dealkylation sites (N-methyl/N-ethyl adjacent to an activating group) is 1. The third-order valence-electron chi connectivity index (χ3n) is 3.64. The molecular formula is C14H22F2N2. The maximum atomic E-state index is 13.8. The minimum Gasteiger partial charge on any atom is -0.329 e. The van der Waals surface area contributed by atoms with Crippen molar-refractivity contribution in [3.05, 3.63) is 35.4 Å². The van der Waals surface area contributed by atoms with Gasteiger partial charge in [0.15, 0.2) is 0 Å². The monoisotopic (exact) mass is 256 g/mol. The maximum absolute atomic E-state index is 13.8. The quantitative estimate of drug-likeness (QED) is 0.877. The fraction of sp³-hybridized carbons (Fsp3) is 0.571. The van der Waals surface area contributed by atoms with E-state index < -0.39 is 11.6 Å². The first-order chi connectivity index (χ1) is 8.38. The number of nitrogens with two attached hydrogens (primary N) is 1. The first kappa shape index (κ1) is 15.1. The number of halogens is 2. The van der Waals surface area contributed by atoms with Crippen molar-refractivity contribution in [2.45, 2.75) is 32.9 Å². The van der Waals surface area contributed by atoms with Gasteiger partial charge < -0.3 is 5.73 Å². The number of benzene rings is 1. The highest BCUT2D eigenvalue weighted by Crippen LogP contribution is 2.25. The van der Waals surface area contributed by atoms with E-state index in [9.17, 15) is 8.78 Å². The third-order valence-corrected chi connectivity index (χ3v) is 3.64. The van der Waals surface area contributed by atoms with E-state index in [2.05, 4.69) is 20.8 Å². The number of rotatable bonds is 5. The van der Waals surface area contributed by atoms with Crippen molar-refractivity contribution in [3.8, 4) is 0 Å². The SMILES string of the molecule is CC(C)C(C)N(C)C(CN)c1ccc(F)cc1F. The summed E-state index contributed by atoms with van der Waals surface area (Å²) in [6.07, 6.45) is 0. The lowest BCUT2D eigenvalue weighted by atomic mass is 9.99. The molecule has 0 radical (unpaired) electrons. The average molecular weight is 256 g/mol. The van der Waals surface area contributed by atoms with Gasteiger partial charge in [0.25, 0.3) is 0 Å². The minimum atomic E-state index is -0.563. The second kappa shape index (κ2) is 6.25. The van der Waals surface area contributed by atoms with Crippen LogP contribution in [-0.4, -0.2) is 24.5 Å². The van der Waals surface area contributed by atoms with Crippen molar-refractivity contribution in [1.29, 1.82) is 0 Å². The van der Waals surface area contributed by atoms with Crippen LogP contribution in [0.25, 0.3) is 0 Å². The predicted molar refractivity (Wildman–Crippen MR) is 70.2 cm³/mol. The fourth-order valence-electron chi connectivity index (χ4n) is 2.04. The first-order valence-electron chi connectivity index (χ1n) is 6.25. The summed E-state index contributed by atoms with van der Waals surface area (Å²) in [5, 5.41) is 0. The molecule has 0 aliphatic rings. The van der Waals surface area contributed by atoms with Gasteiger partial charge in [0.1, 0.15) is 11.6 Å². The van der Waals surface area contributed by atoms with Gasteiger partial charge in [0.2, 0.25) is 0 Å². The zero-order chi connectivity index (χ0) is 13.9. The highest BCUT2D eigenvalue weighted by atomic mass is 19.1. The molecule has 18 heavy (non-hydrogen) atoms. The Labute approximate surface area is 108 Å². The Morgan fingerprint density at radius 1 is 1.22 bits per heavy atom. The van der Waals surface area contributed by atoms with E-state index in [-0.39, 0.29) is 12.1 Å². The molecule has 1 rings (SSSR count). The molecule has 0 spiro atoms. The topological polar surface area (TPSA) is 29.3 Å². The van der Waals surface area contributed by atoms with Gasteiger partial charge in [0.05, 0.1) is 0 Å². The molecule has 0 aromatic heterocycles. The maximum Gasteiger partial charge on any atom is 0.130 e. The summed E-state index contributed by atoms with van der Waals surface area (Å²) in [6.45, 7) is 6.59. The lowest BCUT2D eigenvalue weighted by Crippen LogP contribution is -2.40. The van der Waals surface area contributed by atoms with Gasteiger partial charge in [-0.15, -0.1) is 0 Å². The van der Waals surface area contributed by atoms with Crippen molar-refractivity contribution in [1.82, 2.24) is 4.90 Å². The average Bonchev–Trinajstić information content (AvgIpc) is 2.31. The smallest absolute Gasteiger partial charge is 0.130 e. The van der Waals surface area contributed by atoms with Crippen LogP contribution in [0.1, 0.15) is 32.4 Å². The van der Waals surface area contributed by atoms with Crippen molar-refractivity contribution >= 4 is 0 Å². The van der Waals surface area contributed by atoms with Crippen LogP contribution in [0.2, 0.25) is 0 Å². The standard InChI is InChI=1S/C14H22F2N2/c1-9(2)10(3)18(4)14(8-17)12-6-5-11(15)7-13(12)16/h5-7,9-10,14H,8,17H2,1-4H3. The first-order valence-corrected chi connectivity index (χ1v) is 6.25. The van der Waals surface area contributed by atoms with Crippen molar-refractivity contribution in [3.63, 3.8) is 0 Å². The van der Waals surface area contributed by atoms with Gasteiger partial charge in [-0.1, -0.05) is 19.9 Å². The zero-order valence-electron chi connectivity index (χ0n) is 11.5. The normalized spacial score (nSPS) is 15.2. The third kappa shape index (κ3) is 3.27. The number of hydrogen-bond acceptors (Lipinski definition) is 2. The zero-order valence-corrected chi connectivity index (χ0v) is 11.5. The Morgan fingerprint density at radius 2 is 1.83 bits per heavy atom. The van der Waals surface area contributed by atoms with Crippen LogP contribution in [0.4, 0.5) is 8.78 Å². The van der Waals surface area contributed by atoms with Gasteiger partial charge in [0, 0.05) is 30.3 Å². The second-order valence-electron chi connectivity index (χ2n) is 5.07. The summed E-state index contributed by atoms with van der Waals surface area (Å²) < 4.78 is 26.7. The van der Waals surface area contributed by atoms with Crippen LogP contribution >= 0.6 is 0 Å². The number of hydrogen-bond donors (Lipinski definition) is 1. The highest BCUT2D eigenvalue weighted by molar-refractivity contribution is 5.22. The number of nitrogens with zero attached hydrogens (tertiary/aromatic N) is 1. The highest BCUT2D eigenvalue weighted by Gasteiger charge is 2.24. The van der Waals surface area contributed by atoms with Gasteiger partial charge in [-0.25, -0.2) is 8.78 Å². The van der Waals surface area contributed by atoms with E-state index in [0.717, 1.165) is 6.07 Å². The van der Waals surface area contributed by atoms with Crippen LogP contribution in [0, 0.1) is 17.6 Å². The lowest BCUT2D eigenvalue weighted by Gasteiger charge is -2.35. The molecule has 1 aromatic rings. The van der Waals surface area contributed by atoms with Crippen LogP contribution in [0.3, 0.4) is 0 Å². The van der Waals surface area contributed by atoms with E-state index in [1.807, 2.05) is 11.9 Å². The Morgan fingerprint density at radius 3 is 2.28 bits per heavy atom. The van der Waals surface area contributed by atoms with Gasteiger partial charge in [-0.05, 0) is 26.0 Å². The Kier molecular flexibility index (Phi) is 5.23. The van der Waals surface area contributed by atoms with Gasteiger partial charge in [-0.3, -0.25) is 4.90 Å². The molecule has 2 atom stereocenters. The van der Waals surface area contributed by atoms with Crippen LogP contribution in [0.15, 0.2) is 18.2 Å². The van der Waals surface area contributed by atoms with E-state index in [1.165, 1.54) is 12.1 Å². The summed E-state index contributed by atoms with van der Waals surface area (Å²) in [4.78, 5) is 2.04. The van der Waals surface area contributed by atoms with E-state index in [1.54, 1.807) is 0 Å². The van der Waals surface area contributed by atoms with Crippen molar-refractivity contribution < 1.29 is 8.78 Å². The molecule has 0 fully saturated rings. The van der Waals surface area contributed by atoms with Crippen LogP contribution in [0.5, 0.6) is 0 Å². The molecule has 0 aliphatic carbocycles. The molecule has 2 N–H and O–H groups in total. The largest absolute Gasteiger partial charge is 0.329 e. The minimum absolute atomic E-state index is 0.233. The van der Waals surface area contributed by atoms with Crippen LogP contribution < -0.4 is 5.73 Å². The summed E-state index contributed by atoms with van der Waals surface area (Å²) in [7, 11) is 1.92. The Hall–Kier alpha value is -1.00. The molecule has 0 bridgehead atoms. The summed E-state index contributed by atoms with van der Waals surface area (Å²) in [5.41, 5.74) is 6.20. The molecule has 0 heterocycles. The summed E-state index contributed by atoms with van der Waals surface area (Å²) in [6, 6.07) is 3.69. The predicted octanol–water partition coefficient (Wildman–Crippen LogP) is 2.94. The molecule has 4 heteroatoms. The van der Waals surface area contributed by atoms with Crippen LogP contribution in [-0.2, 0) is 0 Å². The molecule has 0 amide bonds. The molecule has 0 saturated carbocycles. The summed E-state index contributed by atoms with van der Waals surface area (Å²) in [5.74, 6) is -0.660. The fourth-order valence-corrected chi connectivity index (χ4v) is 2.04. The molecule has 0 aliphatic heterocycles. The van der Waals surface area contributed by atoms with Gasteiger partial charge >= 0.3 is 0 Å². The van der Waals surface area contributed by atoms with Crippen molar-refractivity contribution in [2.24, 2.45) is 11.7 Å². The lowest BCUT2D eigenvalue weighted by molar-refractivity contribution is 0.149. The molecule has 1 aromatic carbocycles. The second-order valence-corrected chi connectivity index (χ2v) is 5.07. The molecule has 2 nitrogen and oxygen atoms in total. The molecule has 2 unspecified atom stereocenters.